The highest BCUT2D eigenvalue weighted by molar-refractivity contribution is 6.27. The Morgan fingerprint density at radius 2 is 1.71 bits per heavy atom. The number of hydrogen-bond acceptors (Lipinski definition) is 5. The number of nitrogens with one attached hydrogen (secondary N) is 1. The molecule has 3 N–H and O–H groups in total. The number of carboxylic acid groups (broad SMARTS) is 2. The Morgan fingerprint density at radius 1 is 1.04 bits per heavy atom. The molecule has 0 aliphatic rings. The van der Waals surface area contributed by atoms with Gasteiger partial charge in [0, 0.05) is 13.1 Å². The number of benzene rings is 2. The largest absolute Gasteiger partial charge is 0.493 e. The van der Waals surface area contributed by atoms with E-state index in [0.29, 0.717) is 6.61 Å². The van der Waals surface area contributed by atoms with E-state index in [4.69, 9.17) is 29.3 Å². The van der Waals surface area contributed by atoms with Crippen molar-refractivity contribution in [2.45, 2.75) is 13.5 Å². The fourth-order valence-corrected chi connectivity index (χ4v) is 2.16. The zero-order valence-corrected chi connectivity index (χ0v) is 15.9. The summed E-state index contributed by atoms with van der Waals surface area (Å²) in [4.78, 5) is 18.2. The Bertz CT molecular complexity index is 762. The minimum Gasteiger partial charge on any atom is -0.493 e. The second kappa shape index (κ2) is 12.9. The summed E-state index contributed by atoms with van der Waals surface area (Å²) in [6, 6.07) is 16.3. The number of rotatable bonds is 8. The number of methoxy groups -OCH3 is 1. The molecule has 150 valence electrons. The minimum atomic E-state index is -1.82. The summed E-state index contributed by atoms with van der Waals surface area (Å²) in [5, 5.41) is 18.1. The fraction of sp³-hybridized carbons (Fsp3) is 0.238. The normalized spacial score (nSPS) is 10.1. The third-order valence-electron chi connectivity index (χ3n) is 3.44. The summed E-state index contributed by atoms with van der Waals surface area (Å²) in [5.74, 6) is -2.11. The molecule has 0 unspecified atom stereocenters. The first kappa shape index (κ1) is 22.7. The van der Waals surface area contributed by atoms with Crippen molar-refractivity contribution in [1.82, 2.24) is 5.32 Å². The second-order valence-corrected chi connectivity index (χ2v) is 5.53. The predicted octanol–water partition coefficient (Wildman–Crippen LogP) is 3.05. The van der Waals surface area contributed by atoms with Crippen LogP contribution in [-0.4, -0.2) is 42.4 Å². The standard InChI is InChI=1S/C19H23NO2.C2H2O4/c1-3-7-16-10-11-18(19(14-16)21-2)22-13-12-20-15-17-8-5-4-6-9-17;3-1(4)2(5)6/h3-11,14,20H,12-13,15H2,1-2H3;(H,3,4)(H,5,6)/b7-3+;. The number of allylic oxidation sites excluding steroid dienone is 1. The molecule has 0 aliphatic heterocycles. The van der Waals surface area contributed by atoms with Crippen molar-refractivity contribution >= 4 is 18.0 Å². The molecular weight excluding hydrogens is 362 g/mol. The van der Waals surface area contributed by atoms with Crippen molar-refractivity contribution in [3.63, 3.8) is 0 Å². The Labute approximate surface area is 164 Å². The van der Waals surface area contributed by atoms with Crippen LogP contribution in [0.2, 0.25) is 0 Å². The maximum atomic E-state index is 9.10. The molecule has 0 aliphatic carbocycles. The lowest BCUT2D eigenvalue weighted by Crippen LogP contribution is -2.20. The monoisotopic (exact) mass is 387 g/mol. The van der Waals surface area contributed by atoms with Crippen LogP contribution in [0.3, 0.4) is 0 Å². The van der Waals surface area contributed by atoms with Crippen LogP contribution in [0, 0.1) is 0 Å². The maximum absolute atomic E-state index is 9.10. The molecule has 0 spiro atoms. The lowest BCUT2D eigenvalue weighted by atomic mass is 10.2. The average Bonchev–Trinajstić information content (AvgIpc) is 2.70. The van der Waals surface area contributed by atoms with E-state index in [1.807, 2.05) is 55.5 Å². The van der Waals surface area contributed by atoms with Gasteiger partial charge >= 0.3 is 11.9 Å². The Morgan fingerprint density at radius 3 is 2.29 bits per heavy atom. The van der Waals surface area contributed by atoms with Crippen LogP contribution in [0.15, 0.2) is 54.6 Å². The molecule has 28 heavy (non-hydrogen) atoms. The summed E-state index contributed by atoms with van der Waals surface area (Å²) < 4.78 is 11.2. The summed E-state index contributed by atoms with van der Waals surface area (Å²) in [6.45, 7) is 4.23. The van der Waals surface area contributed by atoms with E-state index in [-0.39, 0.29) is 0 Å². The van der Waals surface area contributed by atoms with Crippen molar-refractivity contribution < 1.29 is 29.3 Å². The Balaban J connectivity index is 0.000000568. The van der Waals surface area contributed by atoms with E-state index >= 15 is 0 Å². The van der Waals surface area contributed by atoms with Gasteiger partial charge in [-0.05, 0) is 30.2 Å². The van der Waals surface area contributed by atoms with Crippen molar-refractivity contribution in [1.29, 1.82) is 0 Å². The maximum Gasteiger partial charge on any atom is 0.414 e. The lowest BCUT2D eigenvalue weighted by molar-refractivity contribution is -0.159. The summed E-state index contributed by atoms with van der Waals surface area (Å²) in [5.41, 5.74) is 2.38. The van der Waals surface area contributed by atoms with E-state index in [1.54, 1.807) is 7.11 Å². The molecule has 2 aromatic carbocycles. The molecule has 2 rings (SSSR count). The molecule has 7 heteroatoms. The minimum absolute atomic E-state index is 0.603. The van der Waals surface area contributed by atoms with Crippen LogP contribution in [0.5, 0.6) is 11.5 Å². The van der Waals surface area contributed by atoms with Gasteiger partial charge in [0.1, 0.15) is 6.61 Å². The lowest BCUT2D eigenvalue weighted by Gasteiger charge is -2.12. The van der Waals surface area contributed by atoms with Gasteiger partial charge in [-0.2, -0.15) is 0 Å². The zero-order valence-electron chi connectivity index (χ0n) is 15.9. The molecule has 7 nitrogen and oxygen atoms in total. The molecule has 0 bridgehead atoms. The molecule has 0 saturated heterocycles. The molecule has 0 radical (unpaired) electrons. The SMILES string of the molecule is C/C=C/c1ccc(OCCNCc2ccccc2)c(OC)c1.O=C(O)C(=O)O. The Kier molecular flexibility index (Phi) is 10.5. The number of carbonyl (C=O) groups is 2. The van der Waals surface area contributed by atoms with Crippen LogP contribution in [0.1, 0.15) is 18.1 Å². The van der Waals surface area contributed by atoms with Gasteiger partial charge in [-0.1, -0.05) is 48.6 Å². The van der Waals surface area contributed by atoms with Gasteiger partial charge in [0.15, 0.2) is 11.5 Å². The van der Waals surface area contributed by atoms with Gasteiger partial charge in [-0.15, -0.1) is 0 Å². The summed E-state index contributed by atoms with van der Waals surface area (Å²) in [6.07, 6.45) is 4.04. The van der Waals surface area contributed by atoms with E-state index in [9.17, 15) is 0 Å². The van der Waals surface area contributed by atoms with E-state index in [2.05, 4.69) is 17.4 Å². The Hall–Kier alpha value is -3.32. The summed E-state index contributed by atoms with van der Waals surface area (Å²) >= 11 is 0. The fourth-order valence-electron chi connectivity index (χ4n) is 2.16. The molecule has 2 aromatic rings. The van der Waals surface area contributed by atoms with Gasteiger partial charge < -0.3 is 25.0 Å². The number of carboxylic acids is 2. The number of ether oxygens (including phenoxy) is 2. The molecule has 0 amide bonds. The highest BCUT2D eigenvalue weighted by Gasteiger charge is 2.05. The quantitative estimate of drug-likeness (QED) is 0.472. The molecular formula is C21H25NO6. The van der Waals surface area contributed by atoms with Gasteiger partial charge in [-0.25, -0.2) is 9.59 Å². The van der Waals surface area contributed by atoms with Crippen LogP contribution >= 0.6 is 0 Å². The van der Waals surface area contributed by atoms with Crippen molar-refractivity contribution in [2.75, 3.05) is 20.3 Å². The summed E-state index contributed by atoms with van der Waals surface area (Å²) in [7, 11) is 1.66. The number of aliphatic carboxylic acids is 2. The van der Waals surface area contributed by atoms with Gasteiger partial charge in [0.05, 0.1) is 7.11 Å². The first-order chi connectivity index (χ1) is 13.5. The van der Waals surface area contributed by atoms with E-state index in [0.717, 1.165) is 30.2 Å². The van der Waals surface area contributed by atoms with Gasteiger partial charge in [0.2, 0.25) is 0 Å². The van der Waals surface area contributed by atoms with Crippen LogP contribution in [-0.2, 0) is 16.1 Å². The zero-order chi connectivity index (χ0) is 20.8. The highest BCUT2D eigenvalue weighted by Crippen LogP contribution is 2.28. The highest BCUT2D eigenvalue weighted by atomic mass is 16.5. The van der Waals surface area contributed by atoms with Crippen molar-refractivity contribution in [2.24, 2.45) is 0 Å². The van der Waals surface area contributed by atoms with Gasteiger partial charge in [-0.3, -0.25) is 0 Å². The molecule has 0 heterocycles. The molecule has 0 aromatic heterocycles. The first-order valence-corrected chi connectivity index (χ1v) is 8.62. The van der Waals surface area contributed by atoms with Crippen molar-refractivity contribution in [3.8, 4) is 11.5 Å². The third-order valence-corrected chi connectivity index (χ3v) is 3.44. The van der Waals surface area contributed by atoms with E-state index in [1.165, 1.54) is 5.56 Å². The van der Waals surface area contributed by atoms with Crippen LogP contribution < -0.4 is 14.8 Å². The van der Waals surface area contributed by atoms with Crippen molar-refractivity contribution in [3.05, 3.63) is 65.7 Å². The third kappa shape index (κ3) is 8.86. The van der Waals surface area contributed by atoms with Crippen LogP contribution in [0.4, 0.5) is 0 Å². The average molecular weight is 387 g/mol. The first-order valence-electron chi connectivity index (χ1n) is 8.62. The second-order valence-electron chi connectivity index (χ2n) is 5.53. The van der Waals surface area contributed by atoms with Gasteiger partial charge in [0.25, 0.3) is 0 Å². The molecule has 0 atom stereocenters. The van der Waals surface area contributed by atoms with E-state index < -0.39 is 11.9 Å². The number of hydrogen-bond donors (Lipinski definition) is 3. The smallest absolute Gasteiger partial charge is 0.414 e. The predicted molar refractivity (Wildman–Crippen MR) is 107 cm³/mol. The molecule has 0 saturated carbocycles. The van der Waals surface area contributed by atoms with Crippen LogP contribution in [0.25, 0.3) is 6.08 Å². The molecule has 0 fully saturated rings. The topological polar surface area (TPSA) is 105 Å².